The fourth-order valence-corrected chi connectivity index (χ4v) is 2.38. The van der Waals surface area contributed by atoms with E-state index in [1.54, 1.807) is 0 Å². The van der Waals surface area contributed by atoms with Crippen LogP contribution >= 0.6 is 23.2 Å². The van der Waals surface area contributed by atoms with Crippen LogP contribution < -0.4 is 5.32 Å². The van der Waals surface area contributed by atoms with Gasteiger partial charge in [0.25, 0.3) is 0 Å². The number of rotatable bonds is 6. The molecule has 0 bridgehead atoms. The zero-order valence-electron chi connectivity index (χ0n) is 10.2. The summed E-state index contributed by atoms with van der Waals surface area (Å²) in [6.45, 7) is 3.12. The van der Waals surface area contributed by atoms with E-state index in [9.17, 15) is 0 Å². The Kier molecular flexibility index (Phi) is 4.72. The second-order valence-corrected chi connectivity index (χ2v) is 5.73. The highest BCUT2D eigenvalue weighted by Gasteiger charge is 2.24. The molecule has 1 aromatic rings. The van der Waals surface area contributed by atoms with Crippen LogP contribution in [0.25, 0.3) is 0 Å². The Hall–Kier alpha value is -0.240. The summed E-state index contributed by atoms with van der Waals surface area (Å²) in [6, 6.07) is 6.48. The predicted octanol–water partition coefficient (Wildman–Crippen LogP) is 4.66. The maximum atomic E-state index is 6.00. The summed E-state index contributed by atoms with van der Waals surface area (Å²) in [5, 5.41) is 4.87. The quantitative estimate of drug-likeness (QED) is 0.794. The highest BCUT2D eigenvalue weighted by molar-refractivity contribution is 6.42. The molecule has 1 saturated carbocycles. The molecule has 0 heterocycles. The van der Waals surface area contributed by atoms with Crippen molar-refractivity contribution in [2.45, 2.75) is 45.2 Å². The molecule has 1 aliphatic rings. The largest absolute Gasteiger partial charge is 0.310 e. The SMILES string of the molecule is CCC(CC1CC1)NCc1ccc(Cl)c(Cl)c1. The monoisotopic (exact) mass is 271 g/mol. The Balaban J connectivity index is 1.84. The summed E-state index contributed by atoms with van der Waals surface area (Å²) in [4.78, 5) is 0. The Morgan fingerprint density at radius 1 is 1.29 bits per heavy atom. The van der Waals surface area contributed by atoms with Crippen LogP contribution in [0.2, 0.25) is 10.0 Å². The summed E-state index contributed by atoms with van der Waals surface area (Å²) in [5.41, 5.74) is 1.20. The lowest BCUT2D eigenvalue weighted by Crippen LogP contribution is -2.28. The highest BCUT2D eigenvalue weighted by Crippen LogP contribution is 2.34. The van der Waals surface area contributed by atoms with Crippen molar-refractivity contribution < 1.29 is 0 Å². The van der Waals surface area contributed by atoms with Gasteiger partial charge in [-0.2, -0.15) is 0 Å². The summed E-state index contributed by atoms with van der Waals surface area (Å²) in [7, 11) is 0. The minimum absolute atomic E-state index is 0.625. The number of halogens is 2. The molecule has 0 spiro atoms. The van der Waals surface area contributed by atoms with Crippen LogP contribution in [0.15, 0.2) is 18.2 Å². The second-order valence-electron chi connectivity index (χ2n) is 4.91. The molecule has 0 aliphatic heterocycles. The number of hydrogen-bond donors (Lipinski definition) is 1. The number of nitrogens with one attached hydrogen (secondary N) is 1. The smallest absolute Gasteiger partial charge is 0.0595 e. The second kappa shape index (κ2) is 6.08. The zero-order chi connectivity index (χ0) is 12.3. The first-order valence-corrected chi connectivity index (χ1v) is 7.12. The average molecular weight is 272 g/mol. The topological polar surface area (TPSA) is 12.0 Å². The Morgan fingerprint density at radius 3 is 2.65 bits per heavy atom. The number of hydrogen-bond acceptors (Lipinski definition) is 1. The van der Waals surface area contributed by atoms with E-state index in [-0.39, 0.29) is 0 Å². The molecule has 17 heavy (non-hydrogen) atoms. The molecule has 1 N–H and O–H groups in total. The zero-order valence-corrected chi connectivity index (χ0v) is 11.7. The minimum Gasteiger partial charge on any atom is -0.310 e. The molecule has 1 aromatic carbocycles. The van der Waals surface area contributed by atoms with Gasteiger partial charge in [0.05, 0.1) is 10.0 Å². The molecule has 2 rings (SSSR count). The van der Waals surface area contributed by atoms with Crippen molar-refractivity contribution >= 4 is 23.2 Å². The standard InChI is InChI=1S/C14H19Cl2N/c1-2-12(7-10-3-4-10)17-9-11-5-6-13(15)14(16)8-11/h5-6,8,10,12,17H,2-4,7,9H2,1H3. The minimum atomic E-state index is 0.625. The molecule has 1 aliphatic carbocycles. The predicted molar refractivity (Wildman–Crippen MR) is 74.7 cm³/mol. The van der Waals surface area contributed by atoms with E-state index in [2.05, 4.69) is 12.2 Å². The highest BCUT2D eigenvalue weighted by atomic mass is 35.5. The lowest BCUT2D eigenvalue weighted by molar-refractivity contribution is 0.445. The molecule has 0 amide bonds. The van der Waals surface area contributed by atoms with Crippen molar-refractivity contribution in [1.29, 1.82) is 0 Å². The van der Waals surface area contributed by atoms with Crippen molar-refractivity contribution in [1.82, 2.24) is 5.32 Å². The van der Waals surface area contributed by atoms with Gasteiger partial charge in [0.1, 0.15) is 0 Å². The Labute approximate surface area is 114 Å². The van der Waals surface area contributed by atoms with Gasteiger partial charge in [0, 0.05) is 12.6 Å². The lowest BCUT2D eigenvalue weighted by atomic mass is 10.1. The van der Waals surface area contributed by atoms with E-state index >= 15 is 0 Å². The van der Waals surface area contributed by atoms with Crippen molar-refractivity contribution in [3.8, 4) is 0 Å². The van der Waals surface area contributed by atoms with Crippen LogP contribution in [0.5, 0.6) is 0 Å². The molecule has 1 unspecified atom stereocenters. The first-order valence-electron chi connectivity index (χ1n) is 6.36. The Bertz CT molecular complexity index is 374. The molecule has 1 atom stereocenters. The summed E-state index contributed by atoms with van der Waals surface area (Å²) in [6.07, 6.45) is 5.35. The van der Waals surface area contributed by atoms with E-state index in [1.165, 1.54) is 31.2 Å². The number of benzene rings is 1. The molecule has 1 fully saturated rings. The van der Waals surface area contributed by atoms with Crippen molar-refractivity contribution in [2.75, 3.05) is 0 Å². The van der Waals surface area contributed by atoms with E-state index < -0.39 is 0 Å². The Morgan fingerprint density at radius 2 is 2.06 bits per heavy atom. The van der Waals surface area contributed by atoms with Crippen LogP contribution in [0.1, 0.15) is 38.2 Å². The first kappa shape index (κ1) is 13.2. The molecule has 3 heteroatoms. The molecule has 0 saturated heterocycles. The molecule has 0 aromatic heterocycles. The van der Waals surface area contributed by atoms with Gasteiger partial charge in [0.15, 0.2) is 0 Å². The van der Waals surface area contributed by atoms with Crippen molar-refractivity contribution in [3.63, 3.8) is 0 Å². The normalized spacial score (nSPS) is 17.1. The maximum Gasteiger partial charge on any atom is 0.0595 e. The van der Waals surface area contributed by atoms with Crippen LogP contribution in [0, 0.1) is 5.92 Å². The van der Waals surface area contributed by atoms with E-state index in [1.807, 2.05) is 18.2 Å². The van der Waals surface area contributed by atoms with Gasteiger partial charge >= 0.3 is 0 Å². The van der Waals surface area contributed by atoms with Crippen LogP contribution in [0.3, 0.4) is 0 Å². The molecule has 1 nitrogen and oxygen atoms in total. The van der Waals surface area contributed by atoms with Gasteiger partial charge in [-0.3, -0.25) is 0 Å². The lowest BCUT2D eigenvalue weighted by Gasteiger charge is -2.16. The van der Waals surface area contributed by atoms with Gasteiger partial charge in [0.2, 0.25) is 0 Å². The van der Waals surface area contributed by atoms with Crippen molar-refractivity contribution in [2.24, 2.45) is 5.92 Å². The van der Waals surface area contributed by atoms with Gasteiger partial charge < -0.3 is 5.32 Å². The molecule has 94 valence electrons. The first-order chi connectivity index (χ1) is 8.19. The van der Waals surface area contributed by atoms with Crippen molar-refractivity contribution in [3.05, 3.63) is 33.8 Å². The summed E-state index contributed by atoms with van der Waals surface area (Å²) < 4.78 is 0. The van der Waals surface area contributed by atoms with Gasteiger partial charge in [-0.15, -0.1) is 0 Å². The van der Waals surface area contributed by atoms with Crippen LogP contribution in [-0.2, 0) is 6.54 Å². The third-order valence-corrected chi connectivity index (χ3v) is 4.13. The molecular weight excluding hydrogens is 253 g/mol. The fraction of sp³-hybridized carbons (Fsp3) is 0.571. The maximum absolute atomic E-state index is 6.00. The van der Waals surface area contributed by atoms with E-state index in [0.717, 1.165) is 12.5 Å². The van der Waals surface area contributed by atoms with Crippen LogP contribution in [-0.4, -0.2) is 6.04 Å². The third-order valence-electron chi connectivity index (χ3n) is 3.39. The van der Waals surface area contributed by atoms with Gasteiger partial charge in [-0.1, -0.05) is 49.0 Å². The van der Waals surface area contributed by atoms with E-state index in [4.69, 9.17) is 23.2 Å². The average Bonchev–Trinajstić information content (AvgIpc) is 3.12. The summed E-state index contributed by atoms with van der Waals surface area (Å²) in [5.74, 6) is 0.973. The van der Waals surface area contributed by atoms with Crippen LogP contribution in [0.4, 0.5) is 0 Å². The molecule has 0 radical (unpaired) electrons. The third kappa shape index (κ3) is 4.17. The molecular formula is C14H19Cl2N. The van der Waals surface area contributed by atoms with Gasteiger partial charge in [-0.25, -0.2) is 0 Å². The van der Waals surface area contributed by atoms with Gasteiger partial charge in [-0.05, 0) is 36.5 Å². The van der Waals surface area contributed by atoms with E-state index in [0.29, 0.717) is 16.1 Å². The fourth-order valence-electron chi connectivity index (χ4n) is 2.06. The summed E-state index contributed by atoms with van der Waals surface area (Å²) >= 11 is 11.9.